The summed E-state index contributed by atoms with van der Waals surface area (Å²) >= 11 is 1.40. The van der Waals surface area contributed by atoms with Gasteiger partial charge in [0.25, 0.3) is 0 Å². The molecule has 0 radical (unpaired) electrons. The summed E-state index contributed by atoms with van der Waals surface area (Å²) in [4.78, 5) is 15.0. The molecule has 102 valence electrons. The average Bonchev–Trinajstić information content (AvgIpc) is 2.91. The number of nitrogen functional groups attached to an aromatic ring is 1. The molecule has 0 saturated carbocycles. The van der Waals surface area contributed by atoms with E-state index < -0.39 is 6.16 Å². The van der Waals surface area contributed by atoms with Crippen LogP contribution in [0.1, 0.15) is 5.69 Å². The number of nitrogens with two attached hydrogens (primary N) is 1. The van der Waals surface area contributed by atoms with E-state index in [4.69, 9.17) is 10.8 Å². The van der Waals surface area contributed by atoms with Crippen molar-refractivity contribution >= 4 is 33.5 Å². The zero-order valence-electron chi connectivity index (χ0n) is 10.4. The molecule has 4 N–H and O–H groups in total. The Morgan fingerprint density at radius 2 is 2.30 bits per heavy atom. The van der Waals surface area contributed by atoms with E-state index in [-0.39, 0.29) is 5.75 Å². The number of fused-ring (bicyclic) bond motifs is 1. The van der Waals surface area contributed by atoms with Gasteiger partial charge in [-0.15, -0.1) is 11.3 Å². The largest absolute Gasteiger partial charge is 0.511 e. The Morgan fingerprint density at radius 3 is 2.95 bits per heavy atom. The first-order chi connectivity index (χ1) is 9.54. The van der Waals surface area contributed by atoms with E-state index in [1.54, 1.807) is 18.2 Å². The predicted molar refractivity (Wildman–Crippen MR) is 75.0 cm³/mol. The van der Waals surface area contributed by atoms with Gasteiger partial charge in [0.15, 0.2) is 5.82 Å². The summed E-state index contributed by atoms with van der Waals surface area (Å²) in [6, 6.07) is 4.90. The highest BCUT2D eigenvalue weighted by Crippen LogP contribution is 2.35. The minimum atomic E-state index is -1.34. The van der Waals surface area contributed by atoms with Crippen molar-refractivity contribution in [1.82, 2.24) is 15.2 Å². The molecule has 0 atom stereocenters. The highest BCUT2D eigenvalue weighted by Gasteiger charge is 2.15. The number of H-pyrrole nitrogens is 1. The van der Waals surface area contributed by atoms with E-state index in [9.17, 15) is 4.79 Å². The van der Waals surface area contributed by atoms with E-state index in [2.05, 4.69) is 19.9 Å². The van der Waals surface area contributed by atoms with Crippen LogP contribution in [0.4, 0.5) is 10.6 Å². The van der Waals surface area contributed by atoms with Crippen LogP contribution in [0.5, 0.6) is 5.75 Å². The lowest BCUT2D eigenvalue weighted by Gasteiger charge is -1.97. The summed E-state index contributed by atoms with van der Waals surface area (Å²) in [5, 5.41) is 16.1. The molecule has 3 rings (SSSR count). The second-order valence-electron chi connectivity index (χ2n) is 4.13. The maximum Gasteiger partial charge on any atom is 0.511 e. The van der Waals surface area contributed by atoms with Crippen LogP contribution in [0, 0.1) is 6.92 Å². The van der Waals surface area contributed by atoms with Crippen LogP contribution >= 0.6 is 11.3 Å². The summed E-state index contributed by atoms with van der Waals surface area (Å²) in [6.07, 6.45) is -1.34. The molecule has 7 nitrogen and oxygen atoms in total. The second kappa shape index (κ2) is 4.49. The molecule has 0 aliphatic carbocycles. The number of hydrogen-bond acceptors (Lipinski definition) is 6. The Balaban J connectivity index is 2.09. The molecule has 2 heterocycles. The van der Waals surface area contributed by atoms with Crippen molar-refractivity contribution in [3.05, 3.63) is 23.9 Å². The van der Waals surface area contributed by atoms with Crippen molar-refractivity contribution in [3.8, 4) is 16.3 Å². The van der Waals surface area contributed by atoms with Gasteiger partial charge in [0.2, 0.25) is 0 Å². The number of ether oxygens (including phenoxy) is 1. The molecular weight excluding hydrogens is 280 g/mol. The van der Waals surface area contributed by atoms with Crippen LogP contribution in [0.15, 0.2) is 18.2 Å². The van der Waals surface area contributed by atoms with Crippen molar-refractivity contribution in [2.45, 2.75) is 6.92 Å². The fraction of sp³-hybridized carbons (Fsp3) is 0.0833. The molecule has 8 heteroatoms. The predicted octanol–water partition coefficient (Wildman–Crippen LogP) is 2.63. The average molecular weight is 290 g/mol. The van der Waals surface area contributed by atoms with Crippen molar-refractivity contribution in [2.24, 2.45) is 0 Å². The van der Waals surface area contributed by atoms with E-state index >= 15 is 0 Å². The van der Waals surface area contributed by atoms with Gasteiger partial charge in [-0.25, -0.2) is 9.78 Å². The van der Waals surface area contributed by atoms with Gasteiger partial charge in [-0.2, -0.15) is 5.10 Å². The lowest BCUT2D eigenvalue weighted by molar-refractivity contribution is 0.144. The molecule has 2 aromatic heterocycles. The first kappa shape index (κ1) is 12.4. The molecule has 0 unspecified atom stereocenters. The third-order valence-electron chi connectivity index (χ3n) is 2.75. The molecule has 0 spiro atoms. The van der Waals surface area contributed by atoms with Gasteiger partial charge in [-0.3, -0.25) is 5.10 Å². The summed E-state index contributed by atoms with van der Waals surface area (Å²) in [6.45, 7) is 1.86. The van der Waals surface area contributed by atoms with Gasteiger partial charge in [-0.1, -0.05) is 0 Å². The minimum absolute atomic E-state index is 0.261. The Morgan fingerprint density at radius 1 is 1.50 bits per heavy atom. The van der Waals surface area contributed by atoms with Crippen molar-refractivity contribution in [1.29, 1.82) is 0 Å². The van der Waals surface area contributed by atoms with E-state index in [0.717, 1.165) is 26.5 Å². The van der Waals surface area contributed by atoms with E-state index in [1.165, 1.54) is 11.3 Å². The number of benzene rings is 1. The SMILES string of the molecule is Cc1[nH]nc(N)c1-c1nc2ccc(OC(=O)O)cc2s1. The molecule has 0 bridgehead atoms. The van der Waals surface area contributed by atoms with Crippen LogP contribution < -0.4 is 10.5 Å². The van der Waals surface area contributed by atoms with Gasteiger partial charge < -0.3 is 15.6 Å². The Hall–Kier alpha value is -2.61. The lowest BCUT2D eigenvalue weighted by Crippen LogP contribution is -2.02. The maximum absolute atomic E-state index is 10.5. The number of carbonyl (C=O) groups is 1. The van der Waals surface area contributed by atoms with Gasteiger partial charge in [0.05, 0.1) is 15.8 Å². The van der Waals surface area contributed by atoms with Crippen LogP contribution in [0.2, 0.25) is 0 Å². The first-order valence-corrected chi connectivity index (χ1v) is 6.48. The number of nitrogens with one attached hydrogen (secondary N) is 1. The Kier molecular flexibility index (Phi) is 2.79. The highest BCUT2D eigenvalue weighted by atomic mass is 32.1. The zero-order chi connectivity index (χ0) is 14.3. The number of aromatic amines is 1. The second-order valence-corrected chi connectivity index (χ2v) is 5.16. The minimum Gasteiger partial charge on any atom is -0.449 e. The van der Waals surface area contributed by atoms with Crippen LogP contribution in [0.25, 0.3) is 20.8 Å². The topological polar surface area (TPSA) is 114 Å². The van der Waals surface area contributed by atoms with Gasteiger partial charge in [-0.05, 0) is 19.1 Å². The van der Waals surface area contributed by atoms with Crippen molar-refractivity contribution in [3.63, 3.8) is 0 Å². The Bertz CT molecular complexity index is 789. The number of rotatable bonds is 2. The van der Waals surface area contributed by atoms with Crippen molar-refractivity contribution in [2.75, 3.05) is 5.73 Å². The van der Waals surface area contributed by atoms with Gasteiger partial charge in [0, 0.05) is 11.8 Å². The molecule has 3 aromatic rings. The smallest absolute Gasteiger partial charge is 0.449 e. The van der Waals surface area contributed by atoms with Crippen LogP contribution in [-0.2, 0) is 0 Å². The molecule has 20 heavy (non-hydrogen) atoms. The van der Waals surface area contributed by atoms with Crippen molar-refractivity contribution < 1.29 is 14.6 Å². The number of carboxylic acid groups (broad SMARTS) is 1. The number of aryl methyl sites for hydroxylation is 1. The fourth-order valence-electron chi connectivity index (χ4n) is 1.89. The van der Waals surface area contributed by atoms with Gasteiger partial charge in [0.1, 0.15) is 10.8 Å². The lowest BCUT2D eigenvalue weighted by atomic mass is 10.2. The number of thiazole rings is 1. The quantitative estimate of drug-likeness (QED) is 0.493. The molecule has 0 aliphatic rings. The third kappa shape index (κ3) is 2.05. The Labute approximate surface area is 117 Å². The molecule has 0 amide bonds. The summed E-state index contributed by atoms with van der Waals surface area (Å²) < 4.78 is 5.44. The standard InChI is InChI=1S/C12H10N4O3S/c1-5-9(10(13)16-15-5)11-14-7-3-2-6(19-12(17)18)4-8(7)20-11/h2-4H,1H3,(H,17,18)(H3,13,15,16). The van der Waals surface area contributed by atoms with E-state index in [1.807, 2.05) is 6.92 Å². The van der Waals surface area contributed by atoms with E-state index in [0.29, 0.717) is 5.82 Å². The number of aromatic nitrogens is 3. The normalized spacial score (nSPS) is 10.8. The van der Waals surface area contributed by atoms with Crippen LogP contribution in [-0.4, -0.2) is 26.4 Å². The van der Waals surface area contributed by atoms with Gasteiger partial charge >= 0.3 is 6.16 Å². The summed E-state index contributed by atoms with van der Waals surface area (Å²) in [5.74, 6) is 0.653. The summed E-state index contributed by atoms with van der Waals surface area (Å²) in [7, 11) is 0. The molecule has 1 aromatic carbocycles. The number of anilines is 1. The molecule has 0 aliphatic heterocycles. The number of hydrogen-bond donors (Lipinski definition) is 3. The monoisotopic (exact) mass is 290 g/mol. The molecule has 0 saturated heterocycles. The first-order valence-electron chi connectivity index (χ1n) is 5.67. The third-order valence-corrected chi connectivity index (χ3v) is 3.79. The highest BCUT2D eigenvalue weighted by molar-refractivity contribution is 7.21. The zero-order valence-corrected chi connectivity index (χ0v) is 11.2. The summed E-state index contributed by atoms with van der Waals surface area (Å²) in [5.41, 5.74) is 8.17. The maximum atomic E-state index is 10.5. The molecular formula is C12H10N4O3S. The van der Waals surface area contributed by atoms with Crippen LogP contribution in [0.3, 0.4) is 0 Å². The number of nitrogens with zero attached hydrogens (tertiary/aromatic N) is 2. The fourth-order valence-corrected chi connectivity index (χ4v) is 3.00. The molecule has 0 fully saturated rings.